The molecular weight excluding hydrogens is 415 g/mol. The first-order chi connectivity index (χ1) is 15.8. The van der Waals surface area contributed by atoms with Gasteiger partial charge in [-0.3, -0.25) is 0 Å². The van der Waals surface area contributed by atoms with Gasteiger partial charge in [0.1, 0.15) is 11.9 Å². The van der Waals surface area contributed by atoms with E-state index in [-0.39, 0.29) is 17.3 Å². The molecule has 0 unspecified atom stereocenters. The lowest BCUT2D eigenvalue weighted by Crippen LogP contribution is -2.62. The summed E-state index contributed by atoms with van der Waals surface area (Å²) in [6.45, 7) is 9.20. The van der Waals surface area contributed by atoms with Crippen LogP contribution in [0.15, 0.2) is 36.4 Å². The topological polar surface area (TPSA) is 46.6 Å². The van der Waals surface area contributed by atoms with Crippen LogP contribution in [0.4, 0.5) is 9.18 Å². The second-order valence-corrected chi connectivity index (χ2v) is 10.9. The van der Waals surface area contributed by atoms with Gasteiger partial charge in [-0.05, 0) is 84.5 Å². The minimum absolute atomic E-state index is 0.0822. The first kappa shape index (κ1) is 22.4. The number of rotatable bonds is 5. The Morgan fingerprint density at radius 2 is 1.97 bits per heavy atom. The van der Waals surface area contributed by atoms with Crippen LogP contribution in [-0.4, -0.2) is 41.6 Å². The van der Waals surface area contributed by atoms with Gasteiger partial charge < -0.3 is 19.7 Å². The highest BCUT2D eigenvalue weighted by atomic mass is 19.1. The summed E-state index contributed by atoms with van der Waals surface area (Å²) in [7, 11) is 0. The van der Waals surface area contributed by atoms with E-state index < -0.39 is 12.1 Å². The predicted octanol–water partition coefficient (Wildman–Crippen LogP) is 4.81. The fourth-order valence-electron chi connectivity index (χ4n) is 6.66. The molecule has 0 radical (unpaired) electrons. The summed E-state index contributed by atoms with van der Waals surface area (Å²) >= 11 is 0. The number of carbonyl (C=O) groups is 1. The SMILES string of the molecule is CCCc1cccc(-c2cc3c(cc2F)[C@H](N(C(=O)[O-])[C@@H]2CN4CCC2CC4)C(C)(C)C3)c1. The average Bonchev–Trinajstić information content (AvgIpc) is 3.04. The molecule has 4 aliphatic rings. The van der Waals surface area contributed by atoms with Crippen LogP contribution in [0.2, 0.25) is 0 Å². The third-order valence-electron chi connectivity index (χ3n) is 8.15. The zero-order chi connectivity index (χ0) is 23.3. The molecule has 3 fully saturated rings. The molecule has 176 valence electrons. The Morgan fingerprint density at radius 1 is 1.21 bits per heavy atom. The highest BCUT2D eigenvalue weighted by Gasteiger charge is 2.48. The fraction of sp³-hybridized carbons (Fsp3) is 0.536. The maximum atomic E-state index is 15.5. The number of amides is 1. The lowest BCUT2D eigenvalue weighted by molar-refractivity contribution is -0.276. The van der Waals surface area contributed by atoms with Gasteiger partial charge in [-0.2, -0.15) is 0 Å². The molecule has 3 heterocycles. The standard InChI is InChI=1S/C28H35FN2O2/c1-4-6-18-7-5-8-20(13-18)22-14-21-16-28(2,3)26(23(21)15-24(22)29)31(27(32)33)25-17-30-11-9-19(25)10-12-30/h5,7-8,13-15,19,25-26H,4,6,9-12,16-17H2,1-3H3,(H,32,33)/p-1/t25-,26+/m1/s1. The van der Waals surface area contributed by atoms with Gasteiger partial charge in [-0.15, -0.1) is 0 Å². The van der Waals surface area contributed by atoms with E-state index in [1.165, 1.54) is 5.56 Å². The van der Waals surface area contributed by atoms with Crippen LogP contribution in [0, 0.1) is 17.2 Å². The van der Waals surface area contributed by atoms with Gasteiger partial charge in [0, 0.05) is 18.2 Å². The number of carboxylic acid groups (broad SMARTS) is 1. The number of halogens is 1. The summed E-state index contributed by atoms with van der Waals surface area (Å²) in [5.41, 5.74) is 4.23. The van der Waals surface area contributed by atoms with Gasteiger partial charge >= 0.3 is 0 Å². The molecule has 5 heteroatoms. The number of hydrogen-bond donors (Lipinski definition) is 0. The van der Waals surface area contributed by atoms with Crippen LogP contribution < -0.4 is 5.11 Å². The highest BCUT2D eigenvalue weighted by Crippen LogP contribution is 2.52. The molecule has 2 aromatic rings. The van der Waals surface area contributed by atoms with E-state index in [1.807, 2.05) is 18.2 Å². The van der Waals surface area contributed by atoms with E-state index in [2.05, 4.69) is 37.8 Å². The van der Waals surface area contributed by atoms with Crippen molar-refractivity contribution in [1.29, 1.82) is 0 Å². The Bertz CT molecular complexity index is 1060. The summed E-state index contributed by atoms with van der Waals surface area (Å²) in [6, 6.07) is 11.2. The molecule has 4 nitrogen and oxygen atoms in total. The number of hydrogen-bond acceptors (Lipinski definition) is 3. The van der Waals surface area contributed by atoms with Crippen molar-refractivity contribution in [3.8, 4) is 11.1 Å². The van der Waals surface area contributed by atoms with E-state index in [0.717, 1.165) is 68.4 Å². The average molecular weight is 450 g/mol. The minimum atomic E-state index is -1.13. The molecule has 1 amide bonds. The molecule has 0 N–H and O–H groups in total. The molecule has 3 aliphatic heterocycles. The predicted molar refractivity (Wildman–Crippen MR) is 126 cm³/mol. The van der Waals surface area contributed by atoms with Gasteiger partial charge in [-0.25, -0.2) is 4.39 Å². The van der Waals surface area contributed by atoms with E-state index in [4.69, 9.17) is 0 Å². The highest BCUT2D eigenvalue weighted by molar-refractivity contribution is 5.69. The van der Waals surface area contributed by atoms with Crippen molar-refractivity contribution in [2.75, 3.05) is 19.6 Å². The Labute approximate surface area is 196 Å². The number of carbonyl (C=O) groups excluding carboxylic acids is 1. The molecule has 0 aromatic heterocycles. The summed E-state index contributed by atoms with van der Waals surface area (Å²) in [6.07, 6.45) is 3.66. The number of benzene rings is 2. The molecule has 2 atom stereocenters. The first-order valence-electron chi connectivity index (χ1n) is 12.4. The summed E-state index contributed by atoms with van der Waals surface area (Å²) < 4.78 is 15.5. The van der Waals surface area contributed by atoms with E-state index in [9.17, 15) is 9.90 Å². The molecule has 6 rings (SSSR count). The maximum Gasteiger partial charge on any atom is 0.137 e. The van der Waals surface area contributed by atoms with Gasteiger partial charge in [0.05, 0.1) is 6.04 Å². The van der Waals surface area contributed by atoms with Crippen LogP contribution in [0.5, 0.6) is 0 Å². The molecule has 2 bridgehead atoms. The normalized spacial score (nSPS) is 27.4. The number of aryl methyl sites for hydroxylation is 1. The van der Waals surface area contributed by atoms with Gasteiger partial charge in [0.15, 0.2) is 0 Å². The van der Waals surface area contributed by atoms with Crippen LogP contribution in [0.1, 0.15) is 62.8 Å². The zero-order valence-electron chi connectivity index (χ0n) is 19.9. The van der Waals surface area contributed by atoms with Crippen molar-refractivity contribution >= 4 is 6.09 Å². The molecule has 0 spiro atoms. The molecule has 0 saturated carbocycles. The lowest BCUT2D eigenvalue weighted by Gasteiger charge is -2.53. The Balaban J connectivity index is 1.55. The number of piperidine rings is 3. The van der Waals surface area contributed by atoms with Crippen molar-refractivity contribution < 1.29 is 14.3 Å². The molecule has 33 heavy (non-hydrogen) atoms. The minimum Gasteiger partial charge on any atom is -0.530 e. The molecule has 3 saturated heterocycles. The van der Waals surface area contributed by atoms with Gasteiger partial charge in [0.2, 0.25) is 0 Å². The van der Waals surface area contributed by atoms with Crippen molar-refractivity contribution in [2.45, 2.75) is 65.0 Å². The largest absolute Gasteiger partial charge is 0.530 e. The quantitative estimate of drug-likeness (QED) is 0.658. The third-order valence-corrected chi connectivity index (χ3v) is 8.15. The Morgan fingerprint density at radius 3 is 2.61 bits per heavy atom. The smallest absolute Gasteiger partial charge is 0.137 e. The van der Waals surface area contributed by atoms with Crippen LogP contribution in [0.3, 0.4) is 0 Å². The van der Waals surface area contributed by atoms with Crippen LogP contribution >= 0.6 is 0 Å². The summed E-state index contributed by atoms with van der Waals surface area (Å²) in [4.78, 5) is 16.5. The Hall–Kier alpha value is -2.40. The Kier molecular flexibility index (Phi) is 5.72. The van der Waals surface area contributed by atoms with Crippen LogP contribution in [-0.2, 0) is 12.8 Å². The van der Waals surface area contributed by atoms with Crippen molar-refractivity contribution in [3.63, 3.8) is 0 Å². The summed E-state index contributed by atoms with van der Waals surface area (Å²) in [5, 5.41) is 12.5. The van der Waals surface area contributed by atoms with Crippen molar-refractivity contribution in [3.05, 3.63) is 58.9 Å². The second-order valence-electron chi connectivity index (χ2n) is 10.9. The van der Waals surface area contributed by atoms with Gasteiger partial charge in [-0.1, -0.05) is 51.5 Å². The van der Waals surface area contributed by atoms with Crippen molar-refractivity contribution in [1.82, 2.24) is 9.80 Å². The fourth-order valence-corrected chi connectivity index (χ4v) is 6.66. The number of fused-ring (bicyclic) bond motifs is 4. The zero-order valence-corrected chi connectivity index (χ0v) is 19.9. The van der Waals surface area contributed by atoms with E-state index in [1.54, 1.807) is 11.0 Å². The summed E-state index contributed by atoms with van der Waals surface area (Å²) in [5.74, 6) is 0.0792. The molecule has 1 aliphatic carbocycles. The molecular formula is C28H34FN2O2-. The lowest BCUT2D eigenvalue weighted by atomic mass is 9.79. The number of nitrogens with zero attached hydrogens (tertiary/aromatic N) is 2. The van der Waals surface area contributed by atoms with E-state index >= 15 is 4.39 Å². The first-order valence-corrected chi connectivity index (χ1v) is 12.4. The van der Waals surface area contributed by atoms with Crippen LogP contribution in [0.25, 0.3) is 11.1 Å². The second kappa shape index (κ2) is 8.43. The molecule has 2 aromatic carbocycles. The van der Waals surface area contributed by atoms with E-state index in [0.29, 0.717) is 11.5 Å². The maximum absolute atomic E-state index is 15.5. The monoisotopic (exact) mass is 449 g/mol. The third kappa shape index (κ3) is 3.95. The van der Waals surface area contributed by atoms with Gasteiger partial charge in [0.25, 0.3) is 0 Å². The van der Waals surface area contributed by atoms with Crippen molar-refractivity contribution in [2.24, 2.45) is 11.3 Å².